The number of amides is 3. The number of piperazine rings is 1. The maximum Gasteiger partial charge on any atom is 0.416 e. The number of primary amides is 1. The molecule has 132 valence electrons. The van der Waals surface area contributed by atoms with Crippen LogP contribution < -0.4 is 11.1 Å². The molecule has 0 saturated carbocycles. The van der Waals surface area contributed by atoms with E-state index in [0.29, 0.717) is 38.3 Å². The van der Waals surface area contributed by atoms with Crippen LogP contribution in [-0.4, -0.2) is 54.5 Å². The second-order valence-electron chi connectivity index (χ2n) is 5.66. The molecule has 24 heavy (non-hydrogen) atoms. The number of carbonyl (C=O) groups excluding carboxylic acids is 2. The Morgan fingerprint density at radius 2 is 1.75 bits per heavy atom. The molecule has 0 unspecified atom stereocenters. The van der Waals surface area contributed by atoms with Crippen LogP contribution in [0.2, 0.25) is 0 Å². The monoisotopic (exact) mass is 344 g/mol. The molecule has 1 aliphatic heterocycles. The van der Waals surface area contributed by atoms with Gasteiger partial charge in [0.1, 0.15) is 0 Å². The van der Waals surface area contributed by atoms with Crippen molar-refractivity contribution in [2.45, 2.75) is 12.7 Å². The number of nitrogens with two attached hydrogens (primary N) is 1. The molecule has 2 rings (SSSR count). The summed E-state index contributed by atoms with van der Waals surface area (Å²) in [4.78, 5) is 25.9. The molecule has 0 spiro atoms. The van der Waals surface area contributed by atoms with Gasteiger partial charge in [0.25, 0.3) is 0 Å². The van der Waals surface area contributed by atoms with E-state index < -0.39 is 23.7 Å². The first-order valence-corrected chi connectivity index (χ1v) is 7.44. The number of nitrogens with zero attached hydrogens (tertiary/aromatic N) is 2. The zero-order chi connectivity index (χ0) is 17.7. The van der Waals surface area contributed by atoms with Crippen LogP contribution in [0.1, 0.15) is 11.1 Å². The highest BCUT2D eigenvalue weighted by Gasteiger charge is 2.30. The summed E-state index contributed by atoms with van der Waals surface area (Å²) >= 11 is 0. The van der Waals surface area contributed by atoms with Gasteiger partial charge in [-0.25, -0.2) is 4.79 Å². The summed E-state index contributed by atoms with van der Waals surface area (Å²) in [5.41, 5.74) is 4.82. The maximum absolute atomic E-state index is 12.7. The lowest BCUT2D eigenvalue weighted by molar-refractivity contribution is -0.137. The molecule has 6 nitrogen and oxygen atoms in total. The fraction of sp³-hybridized carbons (Fsp3) is 0.467. The van der Waals surface area contributed by atoms with Crippen molar-refractivity contribution in [1.29, 1.82) is 0 Å². The average molecular weight is 344 g/mol. The third-order valence-electron chi connectivity index (χ3n) is 3.76. The molecule has 3 N–H and O–H groups in total. The van der Waals surface area contributed by atoms with Gasteiger partial charge in [-0.15, -0.1) is 0 Å². The minimum Gasteiger partial charge on any atom is -0.351 e. The van der Waals surface area contributed by atoms with Crippen molar-refractivity contribution in [3.63, 3.8) is 0 Å². The number of nitrogens with one attached hydrogen (secondary N) is 1. The second-order valence-corrected chi connectivity index (χ2v) is 5.66. The normalized spacial score (nSPS) is 16.8. The Kier molecular flexibility index (Phi) is 5.79. The van der Waals surface area contributed by atoms with Crippen LogP contribution in [0.5, 0.6) is 0 Å². The van der Waals surface area contributed by atoms with Crippen molar-refractivity contribution in [2.24, 2.45) is 5.73 Å². The van der Waals surface area contributed by atoms with Crippen LogP contribution in [0, 0.1) is 0 Å². The lowest BCUT2D eigenvalue weighted by Gasteiger charge is -2.34. The standard InChI is InChI=1S/C15H19F3N4O2/c16-15(17,18)12-3-1-2-11(8-12)9-21-4-6-22(7-5-21)10-13(23)20-14(19)24/h1-3,8H,4-7,9-10H2,(H3,19,20,23,24). The number of halogens is 3. The molecule has 0 radical (unpaired) electrons. The molecule has 1 fully saturated rings. The molecule has 1 aromatic carbocycles. The molecular formula is C15H19F3N4O2. The van der Waals surface area contributed by atoms with E-state index in [1.165, 1.54) is 6.07 Å². The van der Waals surface area contributed by atoms with Gasteiger partial charge < -0.3 is 5.73 Å². The number of benzene rings is 1. The molecule has 1 heterocycles. The molecule has 3 amide bonds. The summed E-state index contributed by atoms with van der Waals surface area (Å²) in [5, 5.41) is 2.00. The Balaban J connectivity index is 1.83. The summed E-state index contributed by atoms with van der Waals surface area (Å²) in [6, 6.07) is 4.40. The minimum absolute atomic E-state index is 0.0698. The van der Waals surface area contributed by atoms with E-state index in [4.69, 9.17) is 5.73 Å². The van der Waals surface area contributed by atoms with Gasteiger partial charge in [-0.2, -0.15) is 13.2 Å². The summed E-state index contributed by atoms with van der Waals surface area (Å²) in [5.74, 6) is -0.464. The quantitative estimate of drug-likeness (QED) is 0.855. The van der Waals surface area contributed by atoms with Crippen LogP contribution in [0.25, 0.3) is 0 Å². The second kappa shape index (κ2) is 7.63. The average Bonchev–Trinajstić information content (AvgIpc) is 2.48. The Morgan fingerprint density at radius 3 is 2.33 bits per heavy atom. The smallest absolute Gasteiger partial charge is 0.351 e. The number of hydrogen-bond acceptors (Lipinski definition) is 4. The molecule has 1 aliphatic rings. The predicted octanol–water partition coefficient (Wildman–Crippen LogP) is 1.02. The number of hydrogen-bond donors (Lipinski definition) is 2. The van der Waals surface area contributed by atoms with Crippen LogP contribution in [0.3, 0.4) is 0 Å². The lowest BCUT2D eigenvalue weighted by Crippen LogP contribution is -2.50. The molecule has 1 aromatic rings. The largest absolute Gasteiger partial charge is 0.416 e. The van der Waals surface area contributed by atoms with Gasteiger partial charge in [-0.3, -0.25) is 19.9 Å². The Hall–Kier alpha value is -2.13. The van der Waals surface area contributed by atoms with E-state index in [0.717, 1.165) is 12.1 Å². The van der Waals surface area contributed by atoms with Crippen molar-refractivity contribution in [2.75, 3.05) is 32.7 Å². The van der Waals surface area contributed by atoms with Gasteiger partial charge in [-0.05, 0) is 11.6 Å². The van der Waals surface area contributed by atoms with E-state index >= 15 is 0 Å². The molecule has 0 aliphatic carbocycles. The summed E-state index contributed by atoms with van der Waals surface area (Å²) in [7, 11) is 0. The van der Waals surface area contributed by atoms with Crippen LogP contribution >= 0.6 is 0 Å². The zero-order valence-electron chi connectivity index (χ0n) is 13.0. The highest BCUT2D eigenvalue weighted by Crippen LogP contribution is 2.29. The predicted molar refractivity (Wildman–Crippen MR) is 80.9 cm³/mol. The SMILES string of the molecule is NC(=O)NC(=O)CN1CCN(Cc2cccc(C(F)(F)F)c2)CC1. The summed E-state index contributed by atoms with van der Waals surface area (Å²) in [6.45, 7) is 2.92. The Labute approximate surface area is 137 Å². The summed E-state index contributed by atoms with van der Waals surface area (Å²) in [6.07, 6.45) is -4.34. The van der Waals surface area contributed by atoms with Crippen molar-refractivity contribution < 1.29 is 22.8 Å². The molecule has 9 heteroatoms. The first-order valence-electron chi connectivity index (χ1n) is 7.44. The number of rotatable bonds is 4. The van der Waals surface area contributed by atoms with Crippen molar-refractivity contribution in [3.8, 4) is 0 Å². The van der Waals surface area contributed by atoms with Crippen LogP contribution in [0.4, 0.5) is 18.0 Å². The van der Waals surface area contributed by atoms with Crippen LogP contribution in [0.15, 0.2) is 24.3 Å². The van der Waals surface area contributed by atoms with Gasteiger partial charge in [0.15, 0.2) is 0 Å². The minimum atomic E-state index is -4.34. The molecule has 0 atom stereocenters. The van der Waals surface area contributed by atoms with Gasteiger partial charge >= 0.3 is 12.2 Å². The molecule has 1 saturated heterocycles. The number of carbonyl (C=O) groups is 2. The molecule has 0 bridgehead atoms. The van der Waals surface area contributed by atoms with Gasteiger partial charge in [0.05, 0.1) is 12.1 Å². The highest BCUT2D eigenvalue weighted by atomic mass is 19.4. The molecular weight excluding hydrogens is 325 g/mol. The lowest BCUT2D eigenvalue weighted by atomic mass is 10.1. The third kappa shape index (κ3) is 5.50. The zero-order valence-corrected chi connectivity index (χ0v) is 13.0. The Morgan fingerprint density at radius 1 is 1.12 bits per heavy atom. The molecule has 0 aromatic heterocycles. The number of alkyl halides is 3. The maximum atomic E-state index is 12.7. The van der Waals surface area contributed by atoms with Gasteiger partial charge in [0, 0.05) is 32.7 Å². The first kappa shape index (κ1) is 18.2. The van der Waals surface area contributed by atoms with E-state index in [1.54, 1.807) is 6.07 Å². The van der Waals surface area contributed by atoms with Gasteiger partial charge in [0.2, 0.25) is 5.91 Å². The fourth-order valence-corrected chi connectivity index (χ4v) is 2.59. The number of urea groups is 1. The van der Waals surface area contributed by atoms with Gasteiger partial charge in [-0.1, -0.05) is 18.2 Å². The van der Waals surface area contributed by atoms with Crippen molar-refractivity contribution in [1.82, 2.24) is 15.1 Å². The fourth-order valence-electron chi connectivity index (χ4n) is 2.59. The highest BCUT2D eigenvalue weighted by molar-refractivity contribution is 5.94. The van der Waals surface area contributed by atoms with Crippen molar-refractivity contribution >= 4 is 11.9 Å². The van der Waals surface area contributed by atoms with E-state index in [-0.39, 0.29) is 6.54 Å². The first-order chi connectivity index (χ1) is 11.2. The van der Waals surface area contributed by atoms with E-state index in [2.05, 4.69) is 0 Å². The third-order valence-corrected chi connectivity index (χ3v) is 3.76. The van der Waals surface area contributed by atoms with Crippen LogP contribution in [-0.2, 0) is 17.5 Å². The topological polar surface area (TPSA) is 78.7 Å². The summed E-state index contributed by atoms with van der Waals surface area (Å²) < 4.78 is 38.2. The van der Waals surface area contributed by atoms with E-state index in [9.17, 15) is 22.8 Å². The van der Waals surface area contributed by atoms with Crippen molar-refractivity contribution in [3.05, 3.63) is 35.4 Å². The Bertz CT molecular complexity index is 599. The number of imide groups is 1. The van der Waals surface area contributed by atoms with E-state index in [1.807, 2.05) is 15.1 Å².